The molecule has 22 heavy (non-hydrogen) atoms. The van der Waals surface area contributed by atoms with Gasteiger partial charge in [0.15, 0.2) is 5.84 Å². The molecule has 0 aliphatic carbocycles. The molecule has 0 aliphatic heterocycles. The van der Waals surface area contributed by atoms with E-state index in [1.165, 1.54) is 0 Å². The van der Waals surface area contributed by atoms with Crippen molar-refractivity contribution in [1.29, 1.82) is 0 Å². The third-order valence-electron chi connectivity index (χ3n) is 3.24. The highest BCUT2D eigenvalue weighted by Gasteiger charge is 2.11. The number of hydrogen-bond donors (Lipinski definition) is 0. The molecule has 3 rings (SSSR count). The van der Waals surface area contributed by atoms with Gasteiger partial charge in [0, 0.05) is 25.0 Å². The number of rotatable bonds is 3. The highest BCUT2D eigenvalue weighted by Crippen LogP contribution is 2.19. The summed E-state index contributed by atoms with van der Waals surface area (Å²) in [6.07, 6.45) is 5.27. The van der Waals surface area contributed by atoms with E-state index in [0.29, 0.717) is 5.02 Å². The smallest absolute Gasteiger partial charge is 0.167 e. The summed E-state index contributed by atoms with van der Waals surface area (Å²) in [5.41, 5.74) is 1.84. The Morgan fingerprint density at radius 3 is 2.50 bits per heavy atom. The van der Waals surface area contributed by atoms with E-state index in [4.69, 9.17) is 16.7 Å². The van der Waals surface area contributed by atoms with Gasteiger partial charge in [-0.1, -0.05) is 41.9 Å². The molecule has 0 saturated heterocycles. The second kappa shape index (κ2) is 6.45. The first kappa shape index (κ1) is 14.4. The molecule has 0 fully saturated rings. The van der Waals surface area contributed by atoms with Gasteiger partial charge in [0.2, 0.25) is 0 Å². The van der Waals surface area contributed by atoms with Crippen molar-refractivity contribution in [3.05, 3.63) is 83.9 Å². The van der Waals surface area contributed by atoms with Crippen LogP contribution < -0.4 is 5.01 Å². The molecule has 0 N–H and O–H groups in total. The molecule has 0 amide bonds. The topological polar surface area (TPSA) is 33.4 Å². The van der Waals surface area contributed by atoms with Gasteiger partial charge in [-0.05, 0) is 24.3 Å². The van der Waals surface area contributed by atoms with E-state index in [-0.39, 0.29) is 0 Å². The number of imidazole rings is 1. The Bertz CT molecular complexity index is 766. The van der Waals surface area contributed by atoms with Crippen molar-refractivity contribution in [3.63, 3.8) is 0 Å². The zero-order valence-corrected chi connectivity index (χ0v) is 12.9. The maximum atomic E-state index is 6.33. The van der Waals surface area contributed by atoms with Crippen LogP contribution in [-0.4, -0.2) is 22.4 Å². The van der Waals surface area contributed by atoms with E-state index in [1.54, 1.807) is 12.5 Å². The minimum absolute atomic E-state index is 0.649. The zero-order valence-electron chi connectivity index (χ0n) is 12.1. The molecule has 110 valence electrons. The number of nitrogens with zero attached hydrogens (tertiary/aromatic N) is 4. The molecule has 4 nitrogen and oxygen atoms in total. The first-order valence-electron chi connectivity index (χ1n) is 6.86. The number of benzene rings is 2. The summed E-state index contributed by atoms with van der Waals surface area (Å²) in [6, 6.07) is 17.6. The van der Waals surface area contributed by atoms with Gasteiger partial charge < -0.3 is 0 Å². The highest BCUT2D eigenvalue weighted by atomic mass is 35.5. The molecule has 2 aromatic carbocycles. The fourth-order valence-corrected chi connectivity index (χ4v) is 2.34. The number of aromatic nitrogens is 2. The van der Waals surface area contributed by atoms with E-state index >= 15 is 0 Å². The molecule has 1 aromatic heterocycles. The fraction of sp³-hybridized carbons (Fsp3) is 0.0588. The largest absolute Gasteiger partial charge is 0.289 e. The third-order valence-corrected chi connectivity index (χ3v) is 3.57. The van der Waals surface area contributed by atoms with Gasteiger partial charge in [-0.2, -0.15) is 5.10 Å². The number of para-hydroxylation sites is 1. The molecular formula is C17H15ClN4. The standard InChI is InChI=1S/C17H15ClN4/c1-21(14-7-3-2-4-8-14)20-17(22-12-11-19-13-22)15-9-5-6-10-16(15)18/h2-13H,1H3. The lowest BCUT2D eigenvalue weighted by Crippen LogP contribution is -2.19. The number of hydrazone groups is 1. The van der Waals surface area contributed by atoms with Crippen molar-refractivity contribution < 1.29 is 0 Å². The second-order valence-corrected chi connectivity index (χ2v) is 5.14. The summed E-state index contributed by atoms with van der Waals surface area (Å²) in [6.45, 7) is 0. The summed E-state index contributed by atoms with van der Waals surface area (Å²) < 4.78 is 1.85. The lowest BCUT2D eigenvalue weighted by atomic mass is 10.2. The molecule has 0 aliphatic rings. The summed E-state index contributed by atoms with van der Waals surface area (Å²) >= 11 is 6.33. The predicted molar refractivity (Wildman–Crippen MR) is 90.5 cm³/mol. The van der Waals surface area contributed by atoms with E-state index < -0.39 is 0 Å². The summed E-state index contributed by atoms with van der Waals surface area (Å²) in [7, 11) is 1.91. The Labute approximate surface area is 134 Å². The van der Waals surface area contributed by atoms with E-state index in [9.17, 15) is 0 Å². The molecule has 0 saturated carbocycles. The van der Waals surface area contributed by atoms with Crippen LogP contribution >= 0.6 is 11.6 Å². The average Bonchev–Trinajstić information content (AvgIpc) is 3.08. The maximum absolute atomic E-state index is 6.33. The normalized spacial score (nSPS) is 11.5. The van der Waals surface area contributed by atoms with Gasteiger partial charge in [0.1, 0.15) is 6.33 Å². The third kappa shape index (κ3) is 3.02. The highest BCUT2D eigenvalue weighted by molar-refractivity contribution is 6.34. The van der Waals surface area contributed by atoms with Gasteiger partial charge in [0.05, 0.1) is 10.7 Å². The van der Waals surface area contributed by atoms with Crippen LogP contribution in [0.1, 0.15) is 5.56 Å². The minimum atomic E-state index is 0.649. The van der Waals surface area contributed by atoms with Gasteiger partial charge in [-0.25, -0.2) is 4.98 Å². The zero-order chi connectivity index (χ0) is 15.4. The van der Waals surface area contributed by atoms with Crippen molar-refractivity contribution in [2.24, 2.45) is 5.10 Å². The van der Waals surface area contributed by atoms with Crippen LogP contribution in [0.3, 0.4) is 0 Å². The van der Waals surface area contributed by atoms with Crippen LogP contribution in [0, 0.1) is 0 Å². The summed E-state index contributed by atoms with van der Waals surface area (Å²) in [5.74, 6) is 0.717. The second-order valence-electron chi connectivity index (χ2n) is 4.73. The molecule has 0 unspecified atom stereocenters. The molecule has 3 aromatic rings. The van der Waals surface area contributed by atoms with Crippen molar-refractivity contribution in [3.8, 4) is 0 Å². The van der Waals surface area contributed by atoms with Crippen molar-refractivity contribution >= 4 is 23.1 Å². The summed E-state index contributed by atoms with van der Waals surface area (Å²) in [4.78, 5) is 4.10. The Hall–Kier alpha value is -2.59. The van der Waals surface area contributed by atoms with Crippen LogP contribution in [0.25, 0.3) is 0 Å². The van der Waals surface area contributed by atoms with Crippen LogP contribution in [0.2, 0.25) is 5.02 Å². The molecule has 5 heteroatoms. The Balaban J connectivity index is 2.07. The predicted octanol–water partition coefficient (Wildman–Crippen LogP) is 3.88. The average molecular weight is 311 g/mol. The molecule has 0 radical (unpaired) electrons. The first-order chi connectivity index (χ1) is 10.8. The number of halogens is 1. The fourth-order valence-electron chi connectivity index (χ4n) is 2.12. The van der Waals surface area contributed by atoms with E-state index in [1.807, 2.05) is 77.4 Å². The molecular weight excluding hydrogens is 296 g/mol. The van der Waals surface area contributed by atoms with E-state index in [2.05, 4.69) is 4.98 Å². The molecule has 0 bridgehead atoms. The number of hydrogen-bond acceptors (Lipinski definition) is 3. The van der Waals surface area contributed by atoms with Crippen LogP contribution in [-0.2, 0) is 0 Å². The van der Waals surface area contributed by atoms with E-state index in [0.717, 1.165) is 17.1 Å². The first-order valence-corrected chi connectivity index (χ1v) is 7.24. The Morgan fingerprint density at radius 2 is 1.82 bits per heavy atom. The lowest BCUT2D eigenvalue weighted by molar-refractivity contribution is 0.982. The van der Waals surface area contributed by atoms with Gasteiger partial charge >= 0.3 is 0 Å². The quantitative estimate of drug-likeness (QED) is 0.418. The van der Waals surface area contributed by atoms with Crippen LogP contribution in [0.5, 0.6) is 0 Å². The number of anilines is 1. The summed E-state index contributed by atoms with van der Waals surface area (Å²) in [5, 5.41) is 7.18. The Kier molecular flexibility index (Phi) is 4.21. The van der Waals surface area contributed by atoms with Crippen molar-refractivity contribution in [2.45, 2.75) is 0 Å². The SMILES string of the molecule is CN(N=C(c1ccccc1Cl)n1ccnc1)c1ccccc1. The van der Waals surface area contributed by atoms with Crippen LogP contribution in [0.4, 0.5) is 5.69 Å². The molecule has 0 atom stereocenters. The molecule has 1 heterocycles. The maximum Gasteiger partial charge on any atom is 0.167 e. The van der Waals surface area contributed by atoms with Crippen LogP contribution in [0.15, 0.2) is 78.4 Å². The monoisotopic (exact) mass is 310 g/mol. The van der Waals surface area contributed by atoms with Gasteiger partial charge in [0.25, 0.3) is 0 Å². The lowest BCUT2D eigenvalue weighted by Gasteiger charge is -2.17. The minimum Gasteiger partial charge on any atom is -0.289 e. The van der Waals surface area contributed by atoms with Gasteiger partial charge in [-0.3, -0.25) is 9.58 Å². The molecule has 0 spiro atoms. The van der Waals surface area contributed by atoms with Crippen molar-refractivity contribution in [2.75, 3.05) is 12.1 Å². The van der Waals surface area contributed by atoms with Crippen molar-refractivity contribution in [1.82, 2.24) is 9.55 Å². The Morgan fingerprint density at radius 1 is 1.09 bits per heavy atom. The van der Waals surface area contributed by atoms with Gasteiger partial charge in [-0.15, -0.1) is 0 Å².